The van der Waals surface area contributed by atoms with E-state index < -0.39 is 0 Å². The van der Waals surface area contributed by atoms with Crippen LogP contribution in [0.4, 0.5) is 5.69 Å². The van der Waals surface area contributed by atoms with Gasteiger partial charge in [0, 0.05) is 42.5 Å². The van der Waals surface area contributed by atoms with Crippen molar-refractivity contribution >= 4 is 16.7 Å². The molecule has 5 heteroatoms. The number of nitrogens with one attached hydrogen (secondary N) is 1. The zero-order chi connectivity index (χ0) is 18.2. The van der Waals surface area contributed by atoms with Gasteiger partial charge < -0.3 is 14.6 Å². The molecule has 3 aromatic rings. The molecule has 0 aliphatic carbocycles. The Balaban J connectivity index is 1.44. The standard InChI is InChI=1S/C22H26N4O/c1-16-8-10-25(12-17-5-3-2-4-6-17)13-20(16)26-15-27-14-18-11-24-22-19(21(18)26)7-9-23-22/h2-7,9,11,16,20H,8,10,12-15H2,1H3,(H,23,24)/t16-,20+/m1/s1. The molecule has 0 spiro atoms. The maximum atomic E-state index is 5.95. The summed E-state index contributed by atoms with van der Waals surface area (Å²) in [5.74, 6) is 0.633. The molecule has 0 bridgehead atoms. The van der Waals surface area contributed by atoms with Crippen LogP contribution in [0.5, 0.6) is 0 Å². The van der Waals surface area contributed by atoms with Gasteiger partial charge in [-0.3, -0.25) is 4.90 Å². The fraction of sp³-hybridized carbons (Fsp3) is 0.409. The third-order valence-electron chi connectivity index (χ3n) is 6.06. The summed E-state index contributed by atoms with van der Waals surface area (Å²) in [6.07, 6.45) is 5.16. The van der Waals surface area contributed by atoms with E-state index in [2.05, 4.69) is 63.1 Å². The summed E-state index contributed by atoms with van der Waals surface area (Å²) >= 11 is 0. The summed E-state index contributed by atoms with van der Waals surface area (Å²) in [5, 5.41) is 1.21. The molecule has 0 radical (unpaired) electrons. The van der Waals surface area contributed by atoms with Crippen LogP contribution in [-0.2, 0) is 17.9 Å². The Morgan fingerprint density at radius 2 is 2.11 bits per heavy atom. The van der Waals surface area contributed by atoms with Crippen LogP contribution in [0.3, 0.4) is 0 Å². The Kier molecular flexibility index (Phi) is 4.34. The highest BCUT2D eigenvalue weighted by molar-refractivity contribution is 5.92. The average Bonchev–Trinajstić information content (AvgIpc) is 3.19. The van der Waals surface area contributed by atoms with Gasteiger partial charge in [0.25, 0.3) is 0 Å². The van der Waals surface area contributed by atoms with E-state index in [1.807, 2.05) is 12.4 Å². The van der Waals surface area contributed by atoms with Crippen LogP contribution in [-0.4, -0.2) is 40.7 Å². The van der Waals surface area contributed by atoms with Crippen LogP contribution in [0.2, 0.25) is 0 Å². The minimum atomic E-state index is 0.446. The van der Waals surface area contributed by atoms with Gasteiger partial charge in [0.2, 0.25) is 0 Å². The minimum Gasteiger partial charge on any atom is -0.356 e. The molecule has 1 saturated heterocycles. The topological polar surface area (TPSA) is 44.4 Å². The van der Waals surface area contributed by atoms with Crippen LogP contribution in [0.25, 0.3) is 11.0 Å². The number of H-pyrrole nitrogens is 1. The molecule has 140 valence electrons. The number of aromatic nitrogens is 2. The molecule has 2 aliphatic heterocycles. The highest BCUT2D eigenvalue weighted by atomic mass is 16.5. The van der Waals surface area contributed by atoms with Crippen molar-refractivity contribution in [1.82, 2.24) is 14.9 Å². The van der Waals surface area contributed by atoms with Gasteiger partial charge in [-0.05, 0) is 30.5 Å². The Morgan fingerprint density at radius 3 is 3.00 bits per heavy atom. The molecule has 0 saturated carbocycles. The number of nitrogens with zero attached hydrogens (tertiary/aromatic N) is 3. The Hall–Kier alpha value is -2.37. The van der Waals surface area contributed by atoms with E-state index in [-0.39, 0.29) is 0 Å². The molecule has 2 atom stereocenters. The average molecular weight is 362 g/mol. The molecule has 2 aromatic heterocycles. The van der Waals surface area contributed by atoms with E-state index in [4.69, 9.17) is 4.74 Å². The second-order valence-corrected chi connectivity index (χ2v) is 7.87. The summed E-state index contributed by atoms with van der Waals surface area (Å²) in [5.41, 5.74) is 4.86. The summed E-state index contributed by atoms with van der Waals surface area (Å²) in [4.78, 5) is 12.9. The number of anilines is 1. The first-order chi connectivity index (χ1) is 13.3. The number of aromatic amines is 1. The number of piperidine rings is 1. The minimum absolute atomic E-state index is 0.446. The molecule has 0 unspecified atom stereocenters. The van der Waals surface area contributed by atoms with E-state index in [0.29, 0.717) is 25.3 Å². The Bertz CT molecular complexity index is 922. The molecule has 1 aromatic carbocycles. The smallest absolute Gasteiger partial charge is 0.139 e. The normalized spacial score (nSPS) is 23.5. The number of ether oxygens (including phenoxy) is 1. The van der Waals surface area contributed by atoms with E-state index >= 15 is 0 Å². The number of hydrogen-bond donors (Lipinski definition) is 1. The Labute approximate surface area is 160 Å². The van der Waals surface area contributed by atoms with Gasteiger partial charge in [0.05, 0.1) is 12.3 Å². The summed E-state index contributed by atoms with van der Waals surface area (Å²) < 4.78 is 5.95. The lowest BCUT2D eigenvalue weighted by Gasteiger charge is -2.46. The third-order valence-corrected chi connectivity index (χ3v) is 6.06. The van der Waals surface area contributed by atoms with E-state index in [0.717, 1.165) is 25.3 Å². The predicted octanol–water partition coefficient (Wildman–Crippen LogP) is 3.77. The van der Waals surface area contributed by atoms with Crippen LogP contribution in [0.15, 0.2) is 48.8 Å². The van der Waals surface area contributed by atoms with Crippen molar-refractivity contribution in [3.05, 3.63) is 59.9 Å². The van der Waals surface area contributed by atoms with Crippen molar-refractivity contribution < 1.29 is 4.74 Å². The van der Waals surface area contributed by atoms with E-state index in [1.54, 1.807) is 0 Å². The van der Waals surface area contributed by atoms with Crippen LogP contribution in [0, 0.1) is 5.92 Å². The lowest BCUT2D eigenvalue weighted by atomic mass is 9.91. The molecular formula is C22H26N4O. The number of pyridine rings is 1. The van der Waals surface area contributed by atoms with Gasteiger partial charge in [-0.25, -0.2) is 4.98 Å². The molecule has 5 rings (SSSR count). The number of hydrogen-bond acceptors (Lipinski definition) is 4. The lowest BCUT2D eigenvalue weighted by Crippen LogP contribution is -2.53. The van der Waals surface area contributed by atoms with Crippen LogP contribution >= 0.6 is 0 Å². The zero-order valence-corrected chi connectivity index (χ0v) is 15.8. The SMILES string of the molecule is C[C@@H]1CCN(Cc2ccccc2)C[C@@H]1N1COCc2cnc3[nH]ccc3c21. The molecule has 1 N–H and O–H groups in total. The maximum absolute atomic E-state index is 5.95. The van der Waals surface area contributed by atoms with Crippen LogP contribution in [0.1, 0.15) is 24.5 Å². The predicted molar refractivity (Wildman–Crippen MR) is 108 cm³/mol. The monoisotopic (exact) mass is 362 g/mol. The van der Waals surface area contributed by atoms with Gasteiger partial charge >= 0.3 is 0 Å². The second-order valence-electron chi connectivity index (χ2n) is 7.87. The third kappa shape index (κ3) is 3.11. The van der Waals surface area contributed by atoms with Gasteiger partial charge in [0.1, 0.15) is 12.4 Å². The molecular weight excluding hydrogens is 336 g/mol. The van der Waals surface area contributed by atoms with Gasteiger partial charge in [-0.2, -0.15) is 0 Å². The molecule has 4 heterocycles. The first-order valence-corrected chi connectivity index (χ1v) is 9.85. The highest BCUT2D eigenvalue weighted by Gasteiger charge is 2.34. The van der Waals surface area contributed by atoms with Gasteiger partial charge in [0.15, 0.2) is 0 Å². The first kappa shape index (κ1) is 16.8. The van der Waals surface area contributed by atoms with Gasteiger partial charge in [-0.15, -0.1) is 0 Å². The summed E-state index contributed by atoms with van der Waals surface area (Å²) in [6.45, 7) is 6.92. The fourth-order valence-corrected chi connectivity index (χ4v) is 4.57. The number of rotatable bonds is 3. The molecule has 5 nitrogen and oxygen atoms in total. The van der Waals surface area contributed by atoms with Crippen molar-refractivity contribution in [1.29, 1.82) is 0 Å². The van der Waals surface area contributed by atoms with Crippen molar-refractivity contribution in [2.45, 2.75) is 32.5 Å². The summed E-state index contributed by atoms with van der Waals surface area (Å²) in [6, 6.07) is 13.4. The van der Waals surface area contributed by atoms with Crippen molar-refractivity contribution in [3.8, 4) is 0 Å². The van der Waals surface area contributed by atoms with Crippen LogP contribution < -0.4 is 4.90 Å². The second kappa shape index (κ2) is 6.98. The van der Waals surface area contributed by atoms with Crippen molar-refractivity contribution in [2.75, 3.05) is 24.7 Å². The quantitative estimate of drug-likeness (QED) is 0.770. The molecule has 0 amide bonds. The Morgan fingerprint density at radius 1 is 1.22 bits per heavy atom. The molecule has 1 fully saturated rings. The lowest BCUT2D eigenvalue weighted by molar-refractivity contribution is 0.0801. The van der Waals surface area contributed by atoms with Crippen molar-refractivity contribution in [2.24, 2.45) is 5.92 Å². The largest absolute Gasteiger partial charge is 0.356 e. The van der Waals surface area contributed by atoms with Crippen molar-refractivity contribution in [3.63, 3.8) is 0 Å². The zero-order valence-electron chi connectivity index (χ0n) is 15.8. The van der Waals surface area contributed by atoms with Gasteiger partial charge in [-0.1, -0.05) is 37.3 Å². The first-order valence-electron chi connectivity index (χ1n) is 9.85. The fourth-order valence-electron chi connectivity index (χ4n) is 4.57. The van der Waals surface area contributed by atoms with E-state index in [1.165, 1.54) is 28.6 Å². The maximum Gasteiger partial charge on any atom is 0.139 e. The molecule has 2 aliphatic rings. The number of fused-ring (bicyclic) bond motifs is 3. The highest BCUT2D eigenvalue weighted by Crippen LogP contribution is 2.37. The number of likely N-dealkylation sites (tertiary alicyclic amines) is 1. The van der Waals surface area contributed by atoms with E-state index in [9.17, 15) is 0 Å². The number of benzene rings is 1. The summed E-state index contributed by atoms with van der Waals surface area (Å²) in [7, 11) is 0. The molecule has 27 heavy (non-hydrogen) atoms.